The van der Waals surface area contributed by atoms with E-state index in [2.05, 4.69) is 29.0 Å². The fourth-order valence-electron chi connectivity index (χ4n) is 4.89. The highest BCUT2D eigenvalue weighted by atomic mass is 19.4. The summed E-state index contributed by atoms with van der Waals surface area (Å²) in [4.78, 5) is 14.3. The van der Waals surface area contributed by atoms with E-state index in [1.54, 1.807) is 11.0 Å². The molecule has 1 aliphatic rings. The number of likely N-dealkylation sites (tertiary alicyclic amines) is 1. The van der Waals surface area contributed by atoms with Crippen LogP contribution in [-0.2, 0) is 16.1 Å². The molecule has 1 saturated heterocycles. The van der Waals surface area contributed by atoms with Gasteiger partial charge in [-0.25, -0.2) is 0 Å². The van der Waals surface area contributed by atoms with Crippen LogP contribution < -0.4 is 10.5 Å². The summed E-state index contributed by atoms with van der Waals surface area (Å²) in [7, 11) is 0. The molecule has 2 N–H and O–H groups in total. The van der Waals surface area contributed by atoms with Gasteiger partial charge in [-0.1, -0.05) is 72.8 Å². The molecule has 1 fully saturated rings. The second-order valence-corrected chi connectivity index (χ2v) is 8.84. The fourth-order valence-corrected chi connectivity index (χ4v) is 4.89. The van der Waals surface area contributed by atoms with Crippen LogP contribution in [0.3, 0.4) is 0 Å². The summed E-state index contributed by atoms with van der Waals surface area (Å²) in [5.74, 6) is -0.537. The maximum absolute atomic E-state index is 12.6. The number of amides is 1. The van der Waals surface area contributed by atoms with Crippen molar-refractivity contribution in [3.05, 3.63) is 102 Å². The number of halogens is 3. The standard InChI is InChI=1S/C28H29F3N2O3/c29-28(30,31)36-23-13-7-8-20(16-23)19-35-25-14-15-33(26(34)17-32)18-24(25)27(21-9-3-1-4-10-21)22-11-5-2-6-12-22/h1-13,16,24-25,27H,14-15,17-19,32H2/t24-,25+/m0/s1. The van der Waals surface area contributed by atoms with Crippen LogP contribution in [0.25, 0.3) is 0 Å². The van der Waals surface area contributed by atoms with Gasteiger partial charge >= 0.3 is 6.36 Å². The van der Waals surface area contributed by atoms with E-state index in [1.807, 2.05) is 36.4 Å². The Labute approximate surface area is 208 Å². The first-order valence-corrected chi connectivity index (χ1v) is 11.9. The predicted octanol–water partition coefficient (Wildman–Crippen LogP) is 5.11. The van der Waals surface area contributed by atoms with E-state index in [0.717, 1.165) is 11.1 Å². The number of nitrogens with zero attached hydrogens (tertiary/aromatic N) is 1. The fraction of sp³-hybridized carbons (Fsp3) is 0.321. The second-order valence-electron chi connectivity index (χ2n) is 8.84. The minimum atomic E-state index is -4.76. The molecule has 1 aliphatic heterocycles. The van der Waals surface area contributed by atoms with E-state index in [4.69, 9.17) is 10.5 Å². The molecule has 0 aromatic heterocycles. The van der Waals surface area contributed by atoms with E-state index >= 15 is 0 Å². The van der Waals surface area contributed by atoms with Gasteiger partial charge in [0.15, 0.2) is 0 Å². The van der Waals surface area contributed by atoms with Crippen LogP contribution in [0.1, 0.15) is 29.0 Å². The summed E-state index contributed by atoms with van der Waals surface area (Å²) < 4.78 is 48.3. The summed E-state index contributed by atoms with van der Waals surface area (Å²) in [6, 6.07) is 25.9. The highest BCUT2D eigenvalue weighted by Crippen LogP contribution is 2.39. The van der Waals surface area contributed by atoms with Crippen LogP contribution in [0.15, 0.2) is 84.9 Å². The number of carbonyl (C=O) groups excluding carboxylic acids is 1. The number of nitrogens with two attached hydrogens (primary N) is 1. The number of alkyl halides is 3. The second kappa shape index (κ2) is 11.6. The van der Waals surface area contributed by atoms with Crippen LogP contribution in [0.4, 0.5) is 13.2 Å². The smallest absolute Gasteiger partial charge is 0.406 e. The molecular weight excluding hydrogens is 469 g/mol. The maximum atomic E-state index is 12.6. The Morgan fingerprint density at radius 1 is 0.972 bits per heavy atom. The van der Waals surface area contributed by atoms with Crippen molar-refractivity contribution in [1.82, 2.24) is 4.90 Å². The lowest BCUT2D eigenvalue weighted by molar-refractivity contribution is -0.274. The van der Waals surface area contributed by atoms with Crippen LogP contribution in [0, 0.1) is 5.92 Å². The summed E-state index contributed by atoms with van der Waals surface area (Å²) in [6.07, 6.45) is -4.40. The summed E-state index contributed by atoms with van der Waals surface area (Å²) in [5.41, 5.74) is 8.44. The molecule has 2 atom stereocenters. The van der Waals surface area contributed by atoms with Crippen LogP contribution in [0.2, 0.25) is 0 Å². The Kier molecular flexibility index (Phi) is 8.28. The van der Waals surface area contributed by atoms with Gasteiger partial charge in [0.05, 0.1) is 19.3 Å². The first-order chi connectivity index (χ1) is 17.3. The lowest BCUT2D eigenvalue weighted by Gasteiger charge is -2.42. The van der Waals surface area contributed by atoms with Crippen molar-refractivity contribution in [3.63, 3.8) is 0 Å². The number of hydrogen-bond donors (Lipinski definition) is 1. The highest BCUT2D eigenvalue weighted by Gasteiger charge is 2.38. The Balaban J connectivity index is 1.61. The molecule has 5 nitrogen and oxygen atoms in total. The molecule has 190 valence electrons. The molecule has 1 amide bonds. The molecular formula is C28H29F3N2O3. The summed E-state index contributed by atoms with van der Waals surface area (Å²) in [5, 5.41) is 0. The number of hydrogen-bond acceptors (Lipinski definition) is 4. The Bertz CT molecular complexity index is 1090. The molecule has 8 heteroatoms. The van der Waals surface area contributed by atoms with Crippen molar-refractivity contribution in [2.75, 3.05) is 19.6 Å². The van der Waals surface area contributed by atoms with Gasteiger partial charge in [-0.2, -0.15) is 0 Å². The zero-order chi connectivity index (χ0) is 25.5. The van der Waals surface area contributed by atoms with Gasteiger partial charge in [0, 0.05) is 24.9 Å². The molecule has 0 bridgehead atoms. The first-order valence-electron chi connectivity index (χ1n) is 11.9. The van der Waals surface area contributed by atoms with Gasteiger partial charge < -0.3 is 20.1 Å². The van der Waals surface area contributed by atoms with E-state index in [0.29, 0.717) is 25.1 Å². The SMILES string of the molecule is NCC(=O)N1CC[C@@H](OCc2cccc(OC(F)(F)F)c2)[C@@H](C(c2ccccc2)c2ccccc2)C1. The molecule has 3 aromatic rings. The third kappa shape index (κ3) is 6.65. The lowest BCUT2D eigenvalue weighted by atomic mass is 9.75. The largest absolute Gasteiger partial charge is 0.573 e. The Morgan fingerprint density at radius 3 is 2.19 bits per heavy atom. The molecule has 0 spiro atoms. The van der Waals surface area contributed by atoms with Crippen molar-refractivity contribution in [3.8, 4) is 5.75 Å². The van der Waals surface area contributed by atoms with Crippen LogP contribution in [-0.4, -0.2) is 42.9 Å². The zero-order valence-electron chi connectivity index (χ0n) is 19.7. The number of rotatable bonds is 8. The van der Waals surface area contributed by atoms with Crippen molar-refractivity contribution >= 4 is 5.91 Å². The summed E-state index contributed by atoms with van der Waals surface area (Å²) >= 11 is 0. The normalized spacial score (nSPS) is 18.3. The molecule has 0 unspecified atom stereocenters. The van der Waals surface area contributed by atoms with Gasteiger partial charge in [0.25, 0.3) is 0 Å². The number of piperidine rings is 1. The van der Waals surface area contributed by atoms with Gasteiger partial charge in [0.1, 0.15) is 5.75 Å². The van der Waals surface area contributed by atoms with Gasteiger partial charge in [-0.05, 0) is 35.2 Å². The topological polar surface area (TPSA) is 64.8 Å². The van der Waals surface area contributed by atoms with Crippen LogP contribution >= 0.6 is 0 Å². The Morgan fingerprint density at radius 2 is 1.61 bits per heavy atom. The van der Waals surface area contributed by atoms with E-state index in [1.165, 1.54) is 18.2 Å². The molecule has 0 saturated carbocycles. The third-order valence-corrected chi connectivity index (χ3v) is 6.46. The monoisotopic (exact) mass is 498 g/mol. The molecule has 0 radical (unpaired) electrons. The Hall–Kier alpha value is -3.36. The molecule has 36 heavy (non-hydrogen) atoms. The molecule has 1 heterocycles. The van der Waals surface area contributed by atoms with Crippen molar-refractivity contribution in [2.24, 2.45) is 11.7 Å². The third-order valence-electron chi connectivity index (χ3n) is 6.46. The first kappa shape index (κ1) is 25.7. The predicted molar refractivity (Wildman–Crippen MR) is 130 cm³/mol. The quantitative estimate of drug-likeness (QED) is 0.469. The van der Waals surface area contributed by atoms with E-state index in [-0.39, 0.29) is 42.7 Å². The number of carbonyl (C=O) groups is 1. The maximum Gasteiger partial charge on any atom is 0.573 e. The van der Waals surface area contributed by atoms with Crippen molar-refractivity contribution < 1.29 is 27.4 Å². The minimum Gasteiger partial charge on any atom is -0.406 e. The number of benzene rings is 3. The molecule has 3 aromatic carbocycles. The average Bonchev–Trinajstić information content (AvgIpc) is 2.88. The molecule has 0 aliphatic carbocycles. The van der Waals surface area contributed by atoms with Gasteiger partial charge in [-0.3, -0.25) is 4.79 Å². The zero-order valence-corrected chi connectivity index (χ0v) is 19.7. The van der Waals surface area contributed by atoms with E-state index in [9.17, 15) is 18.0 Å². The number of ether oxygens (including phenoxy) is 2. The van der Waals surface area contributed by atoms with Gasteiger partial charge in [0.2, 0.25) is 5.91 Å². The lowest BCUT2D eigenvalue weighted by Crippen LogP contribution is -2.50. The van der Waals surface area contributed by atoms with Crippen molar-refractivity contribution in [2.45, 2.75) is 31.4 Å². The van der Waals surface area contributed by atoms with Crippen LogP contribution in [0.5, 0.6) is 5.75 Å². The van der Waals surface area contributed by atoms with Crippen molar-refractivity contribution in [1.29, 1.82) is 0 Å². The molecule has 4 rings (SSSR count). The minimum absolute atomic E-state index is 0.0503. The average molecular weight is 499 g/mol. The van der Waals surface area contributed by atoms with E-state index < -0.39 is 6.36 Å². The summed E-state index contributed by atoms with van der Waals surface area (Å²) in [6.45, 7) is 1.03. The van der Waals surface area contributed by atoms with Gasteiger partial charge in [-0.15, -0.1) is 13.2 Å². The highest BCUT2D eigenvalue weighted by molar-refractivity contribution is 5.78.